The van der Waals surface area contributed by atoms with E-state index in [1.807, 2.05) is 44.2 Å². The first-order valence-corrected chi connectivity index (χ1v) is 10.3. The molecule has 0 saturated carbocycles. The maximum Gasteiger partial charge on any atom is 0.0944 e. The van der Waals surface area contributed by atoms with Gasteiger partial charge in [0.2, 0.25) is 0 Å². The SMILES string of the molecule is C/C(C#N)=C/c1ccc(C2=C=CC=C(c3ccc(/C=C(/C)C#N)s3)S2)s1. The van der Waals surface area contributed by atoms with Crippen molar-refractivity contribution in [2.45, 2.75) is 13.8 Å². The van der Waals surface area contributed by atoms with Crippen molar-refractivity contribution < 1.29 is 0 Å². The molecule has 5 heteroatoms. The molecule has 0 bridgehead atoms. The fourth-order valence-electron chi connectivity index (χ4n) is 2.23. The number of hydrogen-bond donors (Lipinski definition) is 0. The van der Waals surface area contributed by atoms with E-state index in [0.29, 0.717) is 11.1 Å². The van der Waals surface area contributed by atoms with Crippen molar-refractivity contribution in [2.24, 2.45) is 0 Å². The highest BCUT2D eigenvalue weighted by Crippen LogP contribution is 2.44. The number of hydrogen-bond acceptors (Lipinski definition) is 5. The molecule has 0 aromatic carbocycles. The normalized spacial score (nSPS) is 14.5. The van der Waals surface area contributed by atoms with Crippen LogP contribution >= 0.6 is 34.4 Å². The molecule has 2 nitrogen and oxygen atoms in total. The van der Waals surface area contributed by atoms with Crippen LogP contribution in [0.5, 0.6) is 0 Å². The molecule has 26 heavy (non-hydrogen) atoms. The van der Waals surface area contributed by atoms with Gasteiger partial charge in [-0.15, -0.1) is 28.4 Å². The van der Waals surface area contributed by atoms with Crippen LogP contribution in [0.1, 0.15) is 33.4 Å². The molecular weight excluding hydrogens is 376 g/mol. The summed E-state index contributed by atoms with van der Waals surface area (Å²) in [7, 11) is 0. The van der Waals surface area contributed by atoms with Gasteiger partial charge in [0.1, 0.15) is 0 Å². The van der Waals surface area contributed by atoms with E-state index in [-0.39, 0.29) is 0 Å². The average Bonchev–Trinajstić information content (AvgIpc) is 3.31. The number of thioether (sulfide) groups is 1. The van der Waals surface area contributed by atoms with Crippen LogP contribution in [0.15, 0.2) is 53.3 Å². The van der Waals surface area contributed by atoms with E-state index < -0.39 is 0 Å². The summed E-state index contributed by atoms with van der Waals surface area (Å²) in [5.74, 6) is 0. The molecule has 0 saturated heterocycles. The first-order chi connectivity index (χ1) is 12.6. The summed E-state index contributed by atoms with van der Waals surface area (Å²) in [6.45, 7) is 3.63. The molecule has 3 heterocycles. The summed E-state index contributed by atoms with van der Waals surface area (Å²) in [5.41, 5.74) is 4.72. The van der Waals surface area contributed by atoms with Crippen molar-refractivity contribution in [2.75, 3.05) is 0 Å². The summed E-state index contributed by atoms with van der Waals surface area (Å²) < 4.78 is 0. The third kappa shape index (κ3) is 4.35. The first-order valence-electron chi connectivity index (χ1n) is 7.81. The van der Waals surface area contributed by atoms with Gasteiger partial charge >= 0.3 is 0 Å². The van der Waals surface area contributed by atoms with E-state index in [2.05, 4.69) is 36.1 Å². The van der Waals surface area contributed by atoms with Crippen LogP contribution in [-0.2, 0) is 0 Å². The molecule has 2 aromatic rings. The topological polar surface area (TPSA) is 47.6 Å². The molecule has 3 rings (SSSR count). The molecule has 0 atom stereocenters. The number of nitrogens with zero attached hydrogens (tertiary/aromatic N) is 2. The summed E-state index contributed by atoms with van der Waals surface area (Å²) in [6.07, 6.45) is 7.83. The van der Waals surface area contributed by atoms with Crippen LogP contribution < -0.4 is 0 Å². The Hall–Kier alpha value is -2.53. The van der Waals surface area contributed by atoms with Crippen molar-refractivity contribution in [1.82, 2.24) is 0 Å². The lowest BCUT2D eigenvalue weighted by molar-refractivity contribution is 1.46. The summed E-state index contributed by atoms with van der Waals surface area (Å²) in [5, 5.41) is 17.8. The second-order valence-electron chi connectivity index (χ2n) is 5.56. The smallest absolute Gasteiger partial charge is 0.0944 e. The maximum absolute atomic E-state index is 8.92. The van der Waals surface area contributed by atoms with E-state index >= 15 is 0 Å². The Bertz CT molecular complexity index is 1080. The highest BCUT2D eigenvalue weighted by Gasteiger charge is 2.14. The highest BCUT2D eigenvalue weighted by molar-refractivity contribution is 8.16. The third-order valence-corrected chi connectivity index (χ3v) is 6.94. The van der Waals surface area contributed by atoms with E-state index in [9.17, 15) is 0 Å². The lowest BCUT2D eigenvalue weighted by Crippen LogP contribution is -1.79. The summed E-state index contributed by atoms with van der Waals surface area (Å²) in [6, 6.07) is 12.6. The minimum absolute atomic E-state index is 0.701. The molecule has 1 aliphatic heterocycles. The van der Waals surface area contributed by atoms with Gasteiger partial charge in [0.25, 0.3) is 0 Å². The number of thiophene rings is 2. The monoisotopic (exact) mass is 390 g/mol. The Morgan fingerprint density at radius 3 is 2.12 bits per heavy atom. The Morgan fingerprint density at radius 1 is 0.923 bits per heavy atom. The Kier molecular flexibility index (Phi) is 5.78. The van der Waals surface area contributed by atoms with E-state index in [1.165, 1.54) is 9.78 Å². The van der Waals surface area contributed by atoms with Gasteiger partial charge < -0.3 is 0 Å². The van der Waals surface area contributed by atoms with Crippen molar-refractivity contribution in [1.29, 1.82) is 10.5 Å². The Morgan fingerprint density at radius 2 is 1.50 bits per heavy atom. The van der Waals surface area contributed by atoms with Gasteiger partial charge in [0, 0.05) is 35.6 Å². The zero-order valence-electron chi connectivity index (χ0n) is 14.2. The molecule has 1 aliphatic rings. The van der Waals surface area contributed by atoms with Crippen molar-refractivity contribution >= 4 is 56.4 Å². The van der Waals surface area contributed by atoms with E-state index in [4.69, 9.17) is 10.5 Å². The largest absolute Gasteiger partial charge is 0.193 e. The van der Waals surface area contributed by atoms with Crippen LogP contribution in [0.25, 0.3) is 22.0 Å². The summed E-state index contributed by atoms with van der Waals surface area (Å²) in [4.78, 5) is 6.74. The lowest BCUT2D eigenvalue weighted by atomic mass is 10.3. The minimum atomic E-state index is 0.701. The molecule has 0 N–H and O–H groups in total. The third-order valence-electron chi connectivity index (χ3n) is 3.45. The van der Waals surface area contributed by atoms with Crippen LogP contribution in [0.2, 0.25) is 0 Å². The van der Waals surface area contributed by atoms with E-state index in [0.717, 1.165) is 19.5 Å². The molecule has 0 radical (unpaired) electrons. The van der Waals surface area contributed by atoms with Crippen molar-refractivity contribution in [3.8, 4) is 12.1 Å². The van der Waals surface area contributed by atoms with Gasteiger partial charge in [0.15, 0.2) is 0 Å². The van der Waals surface area contributed by atoms with E-state index in [1.54, 1.807) is 34.4 Å². The second-order valence-corrected chi connectivity index (χ2v) is 8.84. The van der Waals surface area contributed by atoms with Crippen LogP contribution in [-0.4, -0.2) is 0 Å². The van der Waals surface area contributed by atoms with Gasteiger partial charge in [-0.05, 0) is 62.4 Å². The molecule has 0 aliphatic carbocycles. The zero-order chi connectivity index (χ0) is 18.5. The van der Waals surface area contributed by atoms with Crippen LogP contribution in [0.3, 0.4) is 0 Å². The highest BCUT2D eigenvalue weighted by atomic mass is 32.2. The molecule has 0 unspecified atom stereocenters. The number of rotatable bonds is 4. The average molecular weight is 391 g/mol. The van der Waals surface area contributed by atoms with Gasteiger partial charge in [-0.2, -0.15) is 10.5 Å². The fraction of sp³-hybridized carbons (Fsp3) is 0.0952. The molecule has 2 aromatic heterocycles. The maximum atomic E-state index is 8.92. The zero-order valence-corrected chi connectivity index (χ0v) is 16.7. The molecule has 126 valence electrons. The van der Waals surface area contributed by atoms with Crippen molar-refractivity contribution in [3.05, 3.63) is 72.8 Å². The quantitative estimate of drug-likeness (QED) is 0.419. The van der Waals surface area contributed by atoms with Gasteiger partial charge in [-0.1, -0.05) is 11.8 Å². The van der Waals surface area contributed by atoms with Crippen molar-refractivity contribution in [3.63, 3.8) is 0 Å². The van der Waals surface area contributed by atoms with Gasteiger partial charge in [-0.3, -0.25) is 0 Å². The minimum Gasteiger partial charge on any atom is -0.193 e. The van der Waals surface area contributed by atoms with Crippen LogP contribution in [0.4, 0.5) is 0 Å². The lowest BCUT2D eigenvalue weighted by Gasteiger charge is -2.08. The van der Waals surface area contributed by atoms with Gasteiger partial charge in [0.05, 0.1) is 17.0 Å². The second kappa shape index (κ2) is 8.23. The first kappa shape index (κ1) is 18.3. The van der Waals surface area contributed by atoms with Crippen LogP contribution in [0, 0.1) is 22.7 Å². The van der Waals surface area contributed by atoms with Gasteiger partial charge in [-0.25, -0.2) is 0 Å². The summed E-state index contributed by atoms with van der Waals surface area (Å²) >= 11 is 5.04. The number of allylic oxidation sites excluding steroid dienone is 4. The fourth-order valence-corrected chi connectivity index (χ4v) is 5.39. The Labute approximate surface area is 165 Å². The predicted octanol–water partition coefficient (Wildman–Crippen LogP) is 6.95. The standard InChI is InChI=1S/C21H14N2S3/c1-14(12-22)10-16-6-8-20(24-16)18-4-3-5-19(26-18)21-9-7-17(25-21)11-15(2)13-23/h3-4,6-11H,1-2H3/b14-10-,15-11-. The molecule has 0 fully saturated rings. The predicted molar refractivity (Wildman–Crippen MR) is 114 cm³/mol. The molecular formula is C21H14N2S3. The Balaban J connectivity index is 1.79. The number of nitriles is 2. The molecule has 0 amide bonds. The molecule has 0 spiro atoms.